The van der Waals surface area contributed by atoms with Gasteiger partial charge in [-0.2, -0.15) is 0 Å². The minimum Gasteiger partial charge on any atom is -0.358 e. The van der Waals surface area contributed by atoms with Gasteiger partial charge in [0.05, 0.1) is 21.8 Å². The van der Waals surface area contributed by atoms with Crippen LogP contribution in [0.25, 0.3) is 54.8 Å². The maximum atomic E-state index is 4.83. The van der Waals surface area contributed by atoms with Crippen LogP contribution >= 0.6 is 0 Å². The van der Waals surface area contributed by atoms with Gasteiger partial charge in [-0.1, -0.05) is 151 Å². The molecule has 0 aliphatic carbocycles. The molecular weight excluding hydrogens is 781 g/mol. The number of nitrogens with zero attached hydrogens (tertiary/aromatic N) is 2. The van der Waals surface area contributed by atoms with E-state index < -0.39 is 16.1 Å². The summed E-state index contributed by atoms with van der Waals surface area (Å²) >= 11 is 0. The van der Waals surface area contributed by atoms with E-state index >= 15 is 0 Å². The van der Waals surface area contributed by atoms with Gasteiger partial charge in [0.2, 0.25) is 0 Å². The number of aryl methyl sites for hydroxylation is 1. The summed E-state index contributed by atoms with van der Waals surface area (Å²) in [5.74, 6) is 0. The molecular formula is C42H44IrN2Si2-2. The molecule has 0 N–H and O–H groups in total. The number of aromatic nitrogens is 2. The standard InChI is InChI=1S/C27H24NSi.C14H17NSi.CH3.Ir/c1-18-15-26(28-17-27(18)29(2,3)4)19-13-14-24-22-11-6-5-9-20(22)21-10-7-8-12-23(21)25(24)16-19;1-16(2,3)13-8-6-7-12(11-13)14-9-4-5-10-15-14;;/h5-12,14-17H,1-4H3;4-11H,1-3H3;1H3;/q-1;;-1;. The molecule has 0 saturated heterocycles. The molecule has 7 aromatic rings. The zero-order valence-corrected chi connectivity index (χ0v) is 33.2. The van der Waals surface area contributed by atoms with Gasteiger partial charge in [-0.25, -0.2) is 0 Å². The van der Waals surface area contributed by atoms with E-state index in [1.54, 1.807) is 0 Å². The molecule has 2 heterocycles. The van der Waals surface area contributed by atoms with E-state index in [0.29, 0.717) is 0 Å². The first-order valence-electron chi connectivity index (χ1n) is 15.7. The van der Waals surface area contributed by atoms with Crippen LogP contribution in [0.1, 0.15) is 5.56 Å². The molecule has 0 aliphatic rings. The summed E-state index contributed by atoms with van der Waals surface area (Å²) in [4.78, 5) is 9.22. The van der Waals surface area contributed by atoms with E-state index in [0.717, 1.165) is 17.0 Å². The number of rotatable bonds is 4. The molecule has 5 heteroatoms. The Morgan fingerprint density at radius 2 is 1.15 bits per heavy atom. The molecule has 2 nitrogen and oxygen atoms in total. The Bertz CT molecular complexity index is 2110. The van der Waals surface area contributed by atoms with Crippen molar-refractivity contribution < 1.29 is 20.1 Å². The van der Waals surface area contributed by atoms with Gasteiger partial charge >= 0.3 is 0 Å². The number of fused-ring (bicyclic) bond motifs is 6. The summed E-state index contributed by atoms with van der Waals surface area (Å²) in [6.07, 6.45) is 3.93. The van der Waals surface area contributed by atoms with E-state index in [4.69, 9.17) is 4.98 Å². The van der Waals surface area contributed by atoms with Crippen LogP contribution < -0.4 is 10.4 Å². The van der Waals surface area contributed by atoms with Gasteiger partial charge in [0.15, 0.2) is 0 Å². The third-order valence-corrected chi connectivity index (χ3v) is 12.7. The first kappa shape index (κ1) is 36.1. The molecule has 47 heavy (non-hydrogen) atoms. The van der Waals surface area contributed by atoms with Crippen LogP contribution in [0.5, 0.6) is 0 Å². The first-order chi connectivity index (χ1) is 21.5. The van der Waals surface area contributed by atoms with Crippen molar-refractivity contribution in [3.05, 3.63) is 141 Å². The molecule has 0 atom stereocenters. The van der Waals surface area contributed by atoms with E-state index in [1.165, 1.54) is 53.8 Å². The van der Waals surface area contributed by atoms with E-state index in [-0.39, 0.29) is 27.5 Å². The molecule has 0 amide bonds. The van der Waals surface area contributed by atoms with Crippen LogP contribution in [-0.4, -0.2) is 26.1 Å². The SMILES string of the molecule is C[Si](C)(C)c1cccc(-c2ccccn2)c1.Cc1cc(-c2[c-]cc3c4ccccc4c4ccccc4c3c2)ncc1[Si](C)(C)C.[CH3-].[Ir]. The predicted molar refractivity (Wildman–Crippen MR) is 208 cm³/mol. The van der Waals surface area contributed by atoms with Crippen molar-refractivity contribution in [1.29, 1.82) is 0 Å². The second kappa shape index (κ2) is 14.6. The van der Waals surface area contributed by atoms with Crippen LogP contribution in [-0.2, 0) is 20.1 Å². The van der Waals surface area contributed by atoms with Gasteiger partial charge < -0.3 is 12.4 Å². The fraction of sp³-hybridized carbons (Fsp3) is 0.167. The molecule has 0 aliphatic heterocycles. The van der Waals surface area contributed by atoms with Crippen molar-refractivity contribution in [2.24, 2.45) is 0 Å². The zero-order chi connectivity index (χ0) is 31.8. The van der Waals surface area contributed by atoms with E-state index in [9.17, 15) is 0 Å². The Hall–Kier alpha value is -3.74. The van der Waals surface area contributed by atoms with Crippen LogP contribution in [0.3, 0.4) is 0 Å². The van der Waals surface area contributed by atoms with Gasteiger partial charge in [-0.3, -0.25) is 4.98 Å². The Balaban J connectivity index is 0.000000238. The summed E-state index contributed by atoms with van der Waals surface area (Å²) in [5.41, 5.74) is 5.68. The van der Waals surface area contributed by atoms with Crippen LogP contribution in [0.15, 0.2) is 122 Å². The molecule has 7 rings (SSSR count). The second-order valence-corrected chi connectivity index (χ2v) is 24.1. The number of benzene rings is 5. The molecule has 5 aromatic carbocycles. The van der Waals surface area contributed by atoms with Crippen LogP contribution in [0, 0.1) is 20.4 Å². The molecule has 241 valence electrons. The van der Waals surface area contributed by atoms with Crippen molar-refractivity contribution in [3.63, 3.8) is 0 Å². The minimum atomic E-state index is -1.38. The van der Waals surface area contributed by atoms with Gasteiger partial charge in [0, 0.05) is 32.5 Å². The Morgan fingerprint density at radius 3 is 1.70 bits per heavy atom. The smallest absolute Gasteiger partial charge is 0.0798 e. The largest absolute Gasteiger partial charge is 0.358 e. The van der Waals surface area contributed by atoms with Crippen molar-refractivity contribution in [3.8, 4) is 22.5 Å². The monoisotopic (exact) mass is 825 g/mol. The predicted octanol–water partition coefficient (Wildman–Crippen LogP) is 10.6. The topological polar surface area (TPSA) is 25.8 Å². The average Bonchev–Trinajstić information content (AvgIpc) is 3.04. The maximum Gasteiger partial charge on any atom is 0.0798 e. The number of hydrogen-bond acceptors (Lipinski definition) is 2. The van der Waals surface area contributed by atoms with Crippen molar-refractivity contribution in [2.75, 3.05) is 0 Å². The van der Waals surface area contributed by atoms with Gasteiger partial charge in [0.25, 0.3) is 0 Å². The van der Waals surface area contributed by atoms with E-state index in [1.807, 2.05) is 18.3 Å². The Kier molecular flexibility index (Phi) is 11.2. The third kappa shape index (κ3) is 7.71. The maximum absolute atomic E-state index is 4.83. The molecule has 0 spiro atoms. The third-order valence-electron chi connectivity index (χ3n) is 8.56. The molecule has 0 saturated carbocycles. The Morgan fingerprint density at radius 1 is 0.553 bits per heavy atom. The molecule has 2 aromatic heterocycles. The van der Waals surface area contributed by atoms with Gasteiger partial charge in [-0.05, 0) is 51.7 Å². The second-order valence-electron chi connectivity index (χ2n) is 13.9. The summed E-state index contributed by atoms with van der Waals surface area (Å²) < 4.78 is 0. The Labute approximate surface area is 296 Å². The fourth-order valence-electron chi connectivity index (χ4n) is 6.16. The van der Waals surface area contributed by atoms with Gasteiger partial charge in [0.1, 0.15) is 0 Å². The van der Waals surface area contributed by atoms with Crippen molar-refractivity contribution in [2.45, 2.75) is 46.2 Å². The van der Waals surface area contributed by atoms with Crippen molar-refractivity contribution >= 4 is 58.8 Å². The number of pyridine rings is 2. The van der Waals surface area contributed by atoms with Gasteiger partial charge in [-0.15, -0.1) is 23.8 Å². The van der Waals surface area contributed by atoms with E-state index in [2.05, 4.69) is 161 Å². The quantitative estimate of drug-likeness (QED) is 0.100. The first-order valence-corrected chi connectivity index (χ1v) is 22.7. The number of hydrogen-bond donors (Lipinski definition) is 0. The summed E-state index contributed by atoms with van der Waals surface area (Å²) in [5, 5.41) is 10.6. The molecule has 0 unspecified atom stereocenters. The average molecular weight is 825 g/mol. The molecule has 0 fully saturated rings. The molecule has 0 bridgehead atoms. The summed E-state index contributed by atoms with van der Waals surface area (Å²) in [6.45, 7) is 16.4. The molecule has 1 radical (unpaired) electrons. The van der Waals surface area contributed by atoms with Crippen LogP contribution in [0.2, 0.25) is 39.3 Å². The van der Waals surface area contributed by atoms with Crippen LogP contribution in [0.4, 0.5) is 0 Å². The fourth-order valence-corrected chi connectivity index (χ4v) is 9.05. The minimum absolute atomic E-state index is 0. The normalized spacial score (nSPS) is 11.4. The summed E-state index contributed by atoms with van der Waals surface area (Å²) in [6, 6.07) is 42.3. The van der Waals surface area contributed by atoms with Crippen molar-refractivity contribution in [1.82, 2.24) is 9.97 Å². The summed E-state index contributed by atoms with van der Waals surface area (Å²) in [7, 11) is -2.61. The zero-order valence-electron chi connectivity index (χ0n) is 28.8.